The first-order chi connectivity index (χ1) is 8.56. The van der Waals surface area contributed by atoms with Crippen LogP contribution < -0.4 is 15.8 Å². The first-order valence-corrected chi connectivity index (χ1v) is 6.25. The van der Waals surface area contributed by atoms with Crippen molar-refractivity contribution in [2.75, 3.05) is 7.11 Å². The highest BCUT2D eigenvalue weighted by Gasteiger charge is 2.12. The van der Waals surface area contributed by atoms with E-state index in [0.717, 1.165) is 17.7 Å². The normalized spacial score (nSPS) is 13.8. The molecule has 0 radical (unpaired) electrons. The van der Waals surface area contributed by atoms with E-state index in [1.54, 1.807) is 7.11 Å². The Balaban J connectivity index is 2.53. The maximum absolute atomic E-state index is 11.7. The van der Waals surface area contributed by atoms with Crippen molar-refractivity contribution in [1.82, 2.24) is 5.32 Å². The predicted octanol–water partition coefficient (Wildman–Crippen LogP) is 2.00. The Bertz CT molecular complexity index is 376. The second-order valence-corrected chi connectivity index (χ2v) is 4.43. The van der Waals surface area contributed by atoms with Crippen molar-refractivity contribution in [3.8, 4) is 5.75 Å². The molecule has 4 heteroatoms. The van der Waals surface area contributed by atoms with Crippen LogP contribution in [0.5, 0.6) is 5.75 Å². The molecule has 0 bridgehead atoms. The number of ether oxygens (including phenoxy) is 1. The molecule has 4 nitrogen and oxygen atoms in total. The van der Waals surface area contributed by atoms with E-state index in [0.29, 0.717) is 6.42 Å². The number of rotatable bonds is 6. The summed E-state index contributed by atoms with van der Waals surface area (Å²) in [7, 11) is 1.63. The Morgan fingerprint density at radius 2 is 2.00 bits per heavy atom. The zero-order valence-corrected chi connectivity index (χ0v) is 11.3. The predicted molar refractivity (Wildman–Crippen MR) is 72.4 cm³/mol. The zero-order valence-electron chi connectivity index (χ0n) is 11.3. The number of carbonyl (C=O) groups is 1. The lowest BCUT2D eigenvalue weighted by atomic mass is 10.1. The Hall–Kier alpha value is -1.55. The summed E-state index contributed by atoms with van der Waals surface area (Å²) in [6, 6.07) is 7.58. The summed E-state index contributed by atoms with van der Waals surface area (Å²) in [5.41, 5.74) is 6.80. The van der Waals surface area contributed by atoms with E-state index < -0.39 is 0 Å². The lowest BCUT2D eigenvalue weighted by Gasteiger charge is -2.16. The van der Waals surface area contributed by atoms with E-state index in [9.17, 15) is 4.79 Å². The van der Waals surface area contributed by atoms with Gasteiger partial charge in [-0.25, -0.2) is 0 Å². The third-order valence-corrected chi connectivity index (χ3v) is 2.97. The van der Waals surface area contributed by atoms with Crippen molar-refractivity contribution < 1.29 is 9.53 Å². The molecule has 1 aromatic rings. The number of nitrogens with one attached hydrogen (secondary N) is 1. The van der Waals surface area contributed by atoms with E-state index in [1.807, 2.05) is 38.1 Å². The SMILES string of the molecule is CCC(N)CC(=O)N[C@H](C)c1ccc(OC)cc1. The Labute approximate surface area is 109 Å². The van der Waals surface area contributed by atoms with Crippen LogP contribution in [0.4, 0.5) is 0 Å². The molecule has 0 spiro atoms. The first-order valence-electron chi connectivity index (χ1n) is 6.25. The molecular formula is C14H22N2O2. The van der Waals surface area contributed by atoms with Gasteiger partial charge in [-0.3, -0.25) is 4.79 Å². The number of amides is 1. The van der Waals surface area contributed by atoms with Gasteiger partial charge in [0.15, 0.2) is 0 Å². The van der Waals surface area contributed by atoms with Gasteiger partial charge < -0.3 is 15.8 Å². The average molecular weight is 250 g/mol. The number of nitrogens with two attached hydrogens (primary N) is 1. The van der Waals surface area contributed by atoms with Gasteiger partial charge in [-0.15, -0.1) is 0 Å². The van der Waals surface area contributed by atoms with E-state index in [2.05, 4.69) is 5.32 Å². The molecule has 0 heterocycles. The van der Waals surface area contributed by atoms with Gasteiger partial charge in [-0.2, -0.15) is 0 Å². The minimum atomic E-state index is -0.0620. The smallest absolute Gasteiger partial charge is 0.222 e. The maximum Gasteiger partial charge on any atom is 0.222 e. The molecule has 0 saturated heterocycles. The van der Waals surface area contributed by atoms with Crippen LogP contribution in [-0.2, 0) is 4.79 Å². The molecule has 0 fully saturated rings. The molecule has 2 atom stereocenters. The van der Waals surface area contributed by atoms with Crippen LogP contribution >= 0.6 is 0 Å². The summed E-state index contributed by atoms with van der Waals surface area (Å²) in [5, 5.41) is 2.94. The molecule has 18 heavy (non-hydrogen) atoms. The zero-order chi connectivity index (χ0) is 13.5. The molecule has 100 valence electrons. The van der Waals surface area contributed by atoms with Crippen LogP contribution in [0.3, 0.4) is 0 Å². The van der Waals surface area contributed by atoms with Gasteiger partial charge in [0.05, 0.1) is 13.2 Å². The van der Waals surface area contributed by atoms with E-state index in [4.69, 9.17) is 10.5 Å². The Kier molecular flexibility index (Phi) is 5.65. The molecule has 1 rings (SSSR count). The van der Waals surface area contributed by atoms with Crippen molar-refractivity contribution in [3.63, 3.8) is 0 Å². The highest BCUT2D eigenvalue weighted by Crippen LogP contribution is 2.17. The average Bonchev–Trinajstić information content (AvgIpc) is 2.38. The molecule has 0 aliphatic rings. The number of methoxy groups -OCH3 is 1. The third kappa shape index (κ3) is 4.37. The van der Waals surface area contributed by atoms with Crippen molar-refractivity contribution in [2.24, 2.45) is 5.73 Å². The molecule has 0 aliphatic carbocycles. The van der Waals surface area contributed by atoms with Gasteiger partial charge in [0, 0.05) is 12.5 Å². The fraction of sp³-hybridized carbons (Fsp3) is 0.500. The first kappa shape index (κ1) is 14.5. The molecule has 1 amide bonds. The van der Waals surface area contributed by atoms with Crippen molar-refractivity contribution in [1.29, 1.82) is 0 Å². The van der Waals surface area contributed by atoms with Crippen LogP contribution in [-0.4, -0.2) is 19.1 Å². The largest absolute Gasteiger partial charge is 0.497 e. The molecule has 1 aromatic carbocycles. The monoisotopic (exact) mass is 250 g/mol. The Morgan fingerprint density at radius 1 is 1.39 bits per heavy atom. The van der Waals surface area contributed by atoms with Crippen LogP contribution in [0.15, 0.2) is 24.3 Å². The third-order valence-electron chi connectivity index (χ3n) is 2.97. The maximum atomic E-state index is 11.7. The lowest BCUT2D eigenvalue weighted by Crippen LogP contribution is -2.32. The molecular weight excluding hydrogens is 228 g/mol. The van der Waals surface area contributed by atoms with Crippen molar-refractivity contribution in [2.45, 2.75) is 38.8 Å². The van der Waals surface area contributed by atoms with E-state index in [1.165, 1.54) is 0 Å². The van der Waals surface area contributed by atoms with Gasteiger partial charge in [0.25, 0.3) is 0 Å². The fourth-order valence-electron chi connectivity index (χ4n) is 1.66. The number of hydrogen-bond donors (Lipinski definition) is 2. The van der Waals surface area contributed by atoms with Crippen molar-refractivity contribution in [3.05, 3.63) is 29.8 Å². The fourth-order valence-corrected chi connectivity index (χ4v) is 1.66. The lowest BCUT2D eigenvalue weighted by molar-refractivity contribution is -0.122. The second-order valence-electron chi connectivity index (χ2n) is 4.43. The van der Waals surface area contributed by atoms with Crippen LogP contribution in [0.25, 0.3) is 0 Å². The quantitative estimate of drug-likeness (QED) is 0.811. The highest BCUT2D eigenvalue weighted by molar-refractivity contribution is 5.77. The molecule has 0 aromatic heterocycles. The summed E-state index contributed by atoms with van der Waals surface area (Å²) in [6.07, 6.45) is 1.18. The van der Waals surface area contributed by atoms with Crippen LogP contribution in [0.1, 0.15) is 38.3 Å². The van der Waals surface area contributed by atoms with Gasteiger partial charge in [0.2, 0.25) is 5.91 Å². The summed E-state index contributed by atoms with van der Waals surface area (Å²) in [5.74, 6) is 0.804. The van der Waals surface area contributed by atoms with Gasteiger partial charge >= 0.3 is 0 Å². The van der Waals surface area contributed by atoms with E-state index in [-0.39, 0.29) is 18.0 Å². The standard InChI is InChI=1S/C14H22N2O2/c1-4-12(15)9-14(17)16-10(2)11-5-7-13(18-3)8-6-11/h5-8,10,12H,4,9,15H2,1-3H3,(H,16,17)/t10-,12?/m1/s1. The van der Waals surface area contributed by atoms with Gasteiger partial charge in [-0.1, -0.05) is 19.1 Å². The Morgan fingerprint density at radius 3 is 2.50 bits per heavy atom. The molecule has 1 unspecified atom stereocenters. The summed E-state index contributed by atoms with van der Waals surface area (Å²) >= 11 is 0. The van der Waals surface area contributed by atoms with Crippen molar-refractivity contribution >= 4 is 5.91 Å². The molecule has 3 N–H and O–H groups in total. The topological polar surface area (TPSA) is 64.4 Å². The minimum Gasteiger partial charge on any atom is -0.497 e. The van der Waals surface area contributed by atoms with E-state index >= 15 is 0 Å². The molecule has 0 aliphatic heterocycles. The molecule has 0 saturated carbocycles. The minimum absolute atomic E-state index is 0.00679. The number of hydrogen-bond acceptors (Lipinski definition) is 3. The van der Waals surface area contributed by atoms with Gasteiger partial charge in [-0.05, 0) is 31.0 Å². The second kappa shape index (κ2) is 7.01. The highest BCUT2D eigenvalue weighted by atomic mass is 16.5. The number of carbonyl (C=O) groups excluding carboxylic acids is 1. The summed E-state index contributed by atoms with van der Waals surface area (Å²) in [6.45, 7) is 3.93. The van der Waals surface area contributed by atoms with Crippen LogP contribution in [0.2, 0.25) is 0 Å². The van der Waals surface area contributed by atoms with Crippen LogP contribution in [0, 0.1) is 0 Å². The summed E-state index contributed by atoms with van der Waals surface area (Å²) < 4.78 is 5.09. The number of benzene rings is 1. The summed E-state index contributed by atoms with van der Waals surface area (Å²) in [4.78, 5) is 11.7. The van der Waals surface area contributed by atoms with Gasteiger partial charge in [0.1, 0.15) is 5.75 Å².